The number of hydrogen-bond donors (Lipinski definition) is 2. The van der Waals surface area contributed by atoms with Gasteiger partial charge >= 0.3 is 0 Å². The third-order valence-corrected chi connectivity index (χ3v) is 3.95. The third kappa shape index (κ3) is 2.94. The van der Waals surface area contributed by atoms with Crippen LogP contribution < -0.4 is 11.3 Å². The Bertz CT molecular complexity index is 191. The molecular formula is C12H27N3O. The molecule has 0 aromatic rings. The molecule has 3 N–H and O–H groups in total. The van der Waals surface area contributed by atoms with Crippen LogP contribution in [0.15, 0.2) is 0 Å². The van der Waals surface area contributed by atoms with Crippen LogP contribution in [0, 0.1) is 0 Å². The number of nitrogens with zero attached hydrogens (tertiary/aromatic N) is 1. The number of hydrogen-bond acceptors (Lipinski definition) is 4. The van der Waals surface area contributed by atoms with Gasteiger partial charge in [-0.25, -0.2) is 0 Å². The smallest absolute Gasteiger partial charge is 0.0651 e. The van der Waals surface area contributed by atoms with Crippen molar-refractivity contribution in [3.05, 3.63) is 0 Å². The monoisotopic (exact) mass is 229 g/mol. The van der Waals surface area contributed by atoms with Crippen molar-refractivity contribution in [1.82, 2.24) is 10.3 Å². The Morgan fingerprint density at radius 2 is 1.94 bits per heavy atom. The molecule has 0 radical (unpaired) electrons. The number of nitrogens with one attached hydrogen (secondary N) is 1. The maximum absolute atomic E-state index is 5.71. The molecule has 4 heteroatoms. The largest absolute Gasteiger partial charge is 0.380 e. The van der Waals surface area contributed by atoms with E-state index in [-0.39, 0.29) is 11.6 Å². The van der Waals surface area contributed by atoms with Crippen LogP contribution in [0.25, 0.3) is 0 Å². The van der Waals surface area contributed by atoms with Crippen LogP contribution in [0.2, 0.25) is 0 Å². The Hall–Kier alpha value is -0.160. The maximum Gasteiger partial charge on any atom is 0.0651 e. The number of ether oxygens (including phenoxy) is 1. The van der Waals surface area contributed by atoms with Crippen molar-refractivity contribution in [2.75, 3.05) is 27.3 Å². The summed E-state index contributed by atoms with van der Waals surface area (Å²) < 4.78 is 5.55. The highest BCUT2D eigenvalue weighted by Gasteiger charge is 2.41. The van der Waals surface area contributed by atoms with E-state index < -0.39 is 0 Å². The van der Waals surface area contributed by atoms with E-state index in [4.69, 9.17) is 10.6 Å². The molecule has 0 aromatic heterocycles. The van der Waals surface area contributed by atoms with Gasteiger partial charge in [0.25, 0.3) is 0 Å². The van der Waals surface area contributed by atoms with Crippen LogP contribution in [0.5, 0.6) is 0 Å². The lowest BCUT2D eigenvalue weighted by atomic mass is 9.75. The van der Waals surface area contributed by atoms with Gasteiger partial charge in [-0.05, 0) is 33.9 Å². The van der Waals surface area contributed by atoms with Gasteiger partial charge in [0.15, 0.2) is 0 Å². The van der Waals surface area contributed by atoms with E-state index in [1.54, 1.807) is 0 Å². The normalized spacial score (nSPS) is 22.3. The second kappa shape index (κ2) is 6.55. The minimum absolute atomic E-state index is 0.169. The van der Waals surface area contributed by atoms with Crippen molar-refractivity contribution in [3.63, 3.8) is 0 Å². The van der Waals surface area contributed by atoms with Crippen LogP contribution in [0.4, 0.5) is 0 Å². The molecule has 0 bridgehead atoms. The molecule has 16 heavy (non-hydrogen) atoms. The molecule has 1 saturated carbocycles. The van der Waals surface area contributed by atoms with E-state index in [0.29, 0.717) is 6.61 Å². The zero-order valence-electron chi connectivity index (χ0n) is 11.0. The van der Waals surface area contributed by atoms with Gasteiger partial charge < -0.3 is 9.64 Å². The predicted octanol–water partition coefficient (Wildman–Crippen LogP) is 1.12. The third-order valence-electron chi connectivity index (χ3n) is 3.95. The van der Waals surface area contributed by atoms with E-state index in [2.05, 4.69) is 24.4 Å². The number of rotatable bonds is 6. The maximum atomic E-state index is 5.71. The molecule has 1 atom stereocenters. The Morgan fingerprint density at radius 3 is 2.38 bits per heavy atom. The average Bonchev–Trinajstić information content (AvgIpc) is 2.31. The molecule has 1 fully saturated rings. The van der Waals surface area contributed by atoms with Crippen LogP contribution in [-0.2, 0) is 4.74 Å². The fourth-order valence-electron chi connectivity index (χ4n) is 2.87. The molecule has 0 amide bonds. The number of nitrogens with two attached hydrogens (primary N) is 1. The van der Waals surface area contributed by atoms with Crippen molar-refractivity contribution < 1.29 is 4.74 Å². The summed E-state index contributed by atoms with van der Waals surface area (Å²) in [4.78, 5) is 2.33. The number of hydrazine groups is 1. The zero-order chi connectivity index (χ0) is 12.0. The Morgan fingerprint density at radius 1 is 1.31 bits per heavy atom. The molecule has 1 aliphatic rings. The summed E-state index contributed by atoms with van der Waals surface area (Å²) in [6.07, 6.45) is 6.36. The van der Waals surface area contributed by atoms with E-state index in [0.717, 1.165) is 6.61 Å². The summed E-state index contributed by atoms with van der Waals surface area (Å²) in [6, 6.07) is 0.225. The topological polar surface area (TPSA) is 50.5 Å². The first-order valence-corrected chi connectivity index (χ1v) is 6.38. The molecule has 4 nitrogen and oxygen atoms in total. The highest BCUT2D eigenvalue weighted by Crippen LogP contribution is 2.35. The molecule has 0 saturated heterocycles. The van der Waals surface area contributed by atoms with Gasteiger partial charge in [0.05, 0.1) is 12.6 Å². The van der Waals surface area contributed by atoms with Gasteiger partial charge in [-0.1, -0.05) is 19.3 Å². The molecule has 1 rings (SSSR count). The highest BCUT2D eigenvalue weighted by atomic mass is 16.5. The van der Waals surface area contributed by atoms with E-state index in [1.165, 1.54) is 32.1 Å². The van der Waals surface area contributed by atoms with E-state index >= 15 is 0 Å². The highest BCUT2D eigenvalue weighted by molar-refractivity contribution is 4.99. The fourth-order valence-corrected chi connectivity index (χ4v) is 2.87. The molecule has 0 aromatic carbocycles. The first kappa shape index (κ1) is 13.9. The summed E-state index contributed by atoms with van der Waals surface area (Å²) in [6.45, 7) is 3.48. The van der Waals surface area contributed by atoms with Gasteiger partial charge in [0.2, 0.25) is 0 Å². The second-order valence-electron chi connectivity index (χ2n) is 4.94. The van der Waals surface area contributed by atoms with Gasteiger partial charge in [-0.2, -0.15) is 0 Å². The van der Waals surface area contributed by atoms with Crippen molar-refractivity contribution in [1.29, 1.82) is 0 Å². The summed E-state index contributed by atoms with van der Waals surface area (Å²) >= 11 is 0. The molecular weight excluding hydrogens is 202 g/mol. The van der Waals surface area contributed by atoms with Crippen molar-refractivity contribution in [2.45, 2.75) is 50.6 Å². The van der Waals surface area contributed by atoms with Crippen molar-refractivity contribution in [3.8, 4) is 0 Å². The lowest BCUT2D eigenvalue weighted by Crippen LogP contribution is -2.63. The SMILES string of the molecule is CCOCC(NN)C1(N(C)C)CCCCC1. The molecule has 0 heterocycles. The standard InChI is InChI=1S/C12H27N3O/c1-4-16-10-11(14-13)12(15(2)3)8-6-5-7-9-12/h11,14H,4-10,13H2,1-3H3. The van der Waals surface area contributed by atoms with Crippen molar-refractivity contribution in [2.24, 2.45) is 5.84 Å². The van der Waals surface area contributed by atoms with Gasteiger partial charge in [-0.15, -0.1) is 0 Å². The first-order chi connectivity index (χ1) is 7.67. The summed E-state index contributed by atoms with van der Waals surface area (Å²) in [5.41, 5.74) is 3.13. The predicted molar refractivity (Wildman–Crippen MR) is 67.1 cm³/mol. The fraction of sp³-hybridized carbons (Fsp3) is 1.00. The Balaban J connectivity index is 2.71. The lowest BCUT2D eigenvalue weighted by Gasteiger charge is -2.48. The molecule has 0 spiro atoms. The Kier molecular flexibility index (Phi) is 5.69. The molecule has 96 valence electrons. The first-order valence-electron chi connectivity index (χ1n) is 6.38. The lowest BCUT2D eigenvalue weighted by molar-refractivity contribution is 0.0102. The molecule has 1 unspecified atom stereocenters. The van der Waals surface area contributed by atoms with Gasteiger partial charge in [-0.3, -0.25) is 11.3 Å². The summed E-state index contributed by atoms with van der Waals surface area (Å²) in [5.74, 6) is 5.71. The number of likely N-dealkylation sites (N-methyl/N-ethyl adjacent to an activating group) is 1. The Labute approximate surface area is 99.5 Å². The zero-order valence-corrected chi connectivity index (χ0v) is 11.0. The average molecular weight is 229 g/mol. The quantitative estimate of drug-likeness (QED) is 0.529. The van der Waals surface area contributed by atoms with E-state index in [9.17, 15) is 0 Å². The molecule has 1 aliphatic carbocycles. The van der Waals surface area contributed by atoms with Gasteiger partial charge in [0.1, 0.15) is 0 Å². The summed E-state index contributed by atoms with van der Waals surface area (Å²) in [7, 11) is 4.31. The van der Waals surface area contributed by atoms with E-state index in [1.807, 2.05) is 6.92 Å². The van der Waals surface area contributed by atoms with Crippen LogP contribution in [0.3, 0.4) is 0 Å². The van der Waals surface area contributed by atoms with Crippen LogP contribution >= 0.6 is 0 Å². The minimum Gasteiger partial charge on any atom is -0.380 e. The second-order valence-corrected chi connectivity index (χ2v) is 4.94. The molecule has 0 aliphatic heterocycles. The summed E-state index contributed by atoms with van der Waals surface area (Å²) in [5, 5.41) is 0. The van der Waals surface area contributed by atoms with Gasteiger partial charge in [0, 0.05) is 12.1 Å². The van der Waals surface area contributed by atoms with Crippen molar-refractivity contribution >= 4 is 0 Å². The minimum atomic E-state index is 0.169. The van der Waals surface area contributed by atoms with Crippen LogP contribution in [0.1, 0.15) is 39.0 Å². The van der Waals surface area contributed by atoms with Crippen LogP contribution in [-0.4, -0.2) is 43.8 Å².